The smallest absolute Gasteiger partial charge is 0.269 e. The average molecular weight is 361 g/mol. The Morgan fingerprint density at radius 2 is 1.37 bits per heavy atom. The Morgan fingerprint density at radius 3 is 2.04 bits per heavy atom. The van der Waals surface area contributed by atoms with Crippen molar-refractivity contribution < 1.29 is 14.5 Å². The molecule has 0 aliphatic rings. The van der Waals surface area contributed by atoms with Crippen LogP contribution < -0.4 is 10.6 Å². The van der Waals surface area contributed by atoms with Crippen LogP contribution in [0.2, 0.25) is 0 Å². The lowest BCUT2D eigenvalue weighted by atomic mass is 10.1. The van der Waals surface area contributed by atoms with E-state index in [0.29, 0.717) is 16.9 Å². The highest BCUT2D eigenvalue weighted by Gasteiger charge is 2.14. The maximum atomic E-state index is 12.6. The number of amides is 2. The van der Waals surface area contributed by atoms with Crippen molar-refractivity contribution in [3.05, 3.63) is 100 Å². The van der Waals surface area contributed by atoms with Gasteiger partial charge >= 0.3 is 0 Å². The van der Waals surface area contributed by atoms with E-state index in [1.807, 2.05) is 6.07 Å². The summed E-state index contributed by atoms with van der Waals surface area (Å²) in [5, 5.41) is 16.1. The van der Waals surface area contributed by atoms with E-state index in [-0.39, 0.29) is 17.2 Å². The van der Waals surface area contributed by atoms with Gasteiger partial charge in [-0.1, -0.05) is 30.3 Å². The molecule has 2 N–H and O–H groups in total. The first-order valence-corrected chi connectivity index (χ1v) is 8.06. The summed E-state index contributed by atoms with van der Waals surface area (Å²) in [6, 6.07) is 20.8. The second-order valence-electron chi connectivity index (χ2n) is 5.62. The quantitative estimate of drug-likeness (QED) is 0.527. The van der Waals surface area contributed by atoms with Crippen molar-refractivity contribution in [2.45, 2.75) is 0 Å². The third-order valence-electron chi connectivity index (χ3n) is 3.79. The Morgan fingerprint density at radius 1 is 0.741 bits per heavy atom. The Balaban J connectivity index is 1.77. The van der Waals surface area contributed by atoms with Crippen molar-refractivity contribution >= 4 is 28.9 Å². The summed E-state index contributed by atoms with van der Waals surface area (Å²) in [5.74, 6) is -0.765. The Bertz CT molecular complexity index is 986. The molecule has 2 amide bonds. The normalized spacial score (nSPS) is 10.1. The Labute approximate surface area is 154 Å². The topological polar surface area (TPSA) is 101 Å². The molecule has 0 atom stereocenters. The molecule has 27 heavy (non-hydrogen) atoms. The van der Waals surface area contributed by atoms with Gasteiger partial charge in [-0.25, -0.2) is 0 Å². The van der Waals surface area contributed by atoms with Crippen LogP contribution in [-0.2, 0) is 0 Å². The zero-order valence-corrected chi connectivity index (χ0v) is 14.1. The number of rotatable bonds is 5. The standard InChI is InChI=1S/C20H15N3O4/c24-19(14-6-2-1-3-7-14)22-18-9-5-4-8-17(18)20(25)21-15-10-12-16(13-11-15)23(26)27/h1-13H,(H,21,25)(H,22,24). The van der Waals surface area contributed by atoms with Crippen LogP contribution in [0.25, 0.3) is 0 Å². The molecule has 0 saturated heterocycles. The van der Waals surface area contributed by atoms with E-state index in [9.17, 15) is 19.7 Å². The molecule has 3 rings (SSSR count). The third-order valence-corrected chi connectivity index (χ3v) is 3.79. The summed E-state index contributed by atoms with van der Waals surface area (Å²) in [4.78, 5) is 35.1. The first-order valence-electron chi connectivity index (χ1n) is 8.06. The fourth-order valence-corrected chi connectivity index (χ4v) is 2.44. The van der Waals surface area contributed by atoms with Gasteiger partial charge < -0.3 is 10.6 Å². The minimum atomic E-state index is -0.514. The van der Waals surface area contributed by atoms with E-state index in [1.165, 1.54) is 24.3 Å². The van der Waals surface area contributed by atoms with Gasteiger partial charge in [0.1, 0.15) is 0 Å². The van der Waals surface area contributed by atoms with Gasteiger partial charge in [0.25, 0.3) is 17.5 Å². The number of nitro groups is 1. The summed E-state index contributed by atoms with van der Waals surface area (Å²) >= 11 is 0. The lowest BCUT2D eigenvalue weighted by molar-refractivity contribution is -0.384. The summed E-state index contributed by atoms with van der Waals surface area (Å²) in [5.41, 5.74) is 1.47. The average Bonchev–Trinajstić information content (AvgIpc) is 2.69. The predicted molar refractivity (Wildman–Crippen MR) is 102 cm³/mol. The monoisotopic (exact) mass is 361 g/mol. The highest BCUT2D eigenvalue weighted by atomic mass is 16.6. The van der Waals surface area contributed by atoms with Gasteiger partial charge in [0.2, 0.25) is 0 Å². The van der Waals surface area contributed by atoms with E-state index in [2.05, 4.69) is 10.6 Å². The maximum absolute atomic E-state index is 12.6. The molecule has 3 aromatic rings. The number of anilines is 2. The van der Waals surface area contributed by atoms with Crippen molar-refractivity contribution in [2.24, 2.45) is 0 Å². The van der Waals surface area contributed by atoms with Gasteiger partial charge in [-0.3, -0.25) is 19.7 Å². The van der Waals surface area contributed by atoms with E-state index >= 15 is 0 Å². The summed E-state index contributed by atoms with van der Waals surface area (Å²) in [6.45, 7) is 0. The molecule has 0 heterocycles. The summed E-state index contributed by atoms with van der Waals surface area (Å²) in [7, 11) is 0. The molecule has 0 spiro atoms. The number of non-ortho nitro benzene ring substituents is 1. The Hall–Kier alpha value is -4.00. The molecule has 0 aliphatic heterocycles. The van der Waals surface area contributed by atoms with E-state index in [0.717, 1.165) is 0 Å². The summed E-state index contributed by atoms with van der Waals surface area (Å²) in [6.07, 6.45) is 0. The molecule has 134 valence electrons. The van der Waals surface area contributed by atoms with Gasteiger partial charge in [-0.05, 0) is 36.4 Å². The van der Waals surface area contributed by atoms with E-state index in [4.69, 9.17) is 0 Å². The van der Waals surface area contributed by atoms with Crippen molar-refractivity contribution in [1.29, 1.82) is 0 Å². The van der Waals surface area contributed by atoms with Crippen LogP contribution in [0.3, 0.4) is 0 Å². The van der Waals surface area contributed by atoms with Crippen LogP contribution in [-0.4, -0.2) is 16.7 Å². The summed E-state index contributed by atoms with van der Waals surface area (Å²) < 4.78 is 0. The second-order valence-corrected chi connectivity index (χ2v) is 5.62. The van der Waals surface area contributed by atoms with E-state index < -0.39 is 10.8 Å². The number of nitro benzene ring substituents is 1. The minimum Gasteiger partial charge on any atom is -0.322 e. The number of nitrogens with one attached hydrogen (secondary N) is 2. The molecule has 7 nitrogen and oxygen atoms in total. The first-order chi connectivity index (χ1) is 13.0. The SMILES string of the molecule is O=C(Nc1ccccc1C(=O)Nc1ccc([N+](=O)[O-])cc1)c1ccccc1. The molecular formula is C20H15N3O4. The lowest BCUT2D eigenvalue weighted by Gasteiger charge is -2.11. The number of carbonyl (C=O) groups excluding carboxylic acids is 2. The van der Waals surface area contributed by atoms with Crippen molar-refractivity contribution in [3.8, 4) is 0 Å². The van der Waals surface area contributed by atoms with Crippen LogP contribution in [0.15, 0.2) is 78.9 Å². The van der Waals surface area contributed by atoms with Crippen molar-refractivity contribution in [2.75, 3.05) is 10.6 Å². The molecular weight excluding hydrogens is 346 g/mol. The second kappa shape index (κ2) is 7.92. The number of carbonyl (C=O) groups is 2. The molecule has 3 aromatic carbocycles. The predicted octanol–water partition coefficient (Wildman–Crippen LogP) is 4.10. The fraction of sp³-hybridized carbons (Fsp3) is 0. The van der Waals surface area contributed by atoms with Gasteiger partial charge in [-0.2, -0.15) is 0 Å². The molecule has 7 heteroatoms. The molecule has 0 aliphatic carbocycles. The Kier molecular flexibility index (Phi) is 5.22. The fourth-order valence-electron chi connectivity index (χ4n) is 2.44. The number of hydrogen-bond acceptors (Lipinski definition) is 4. The zero-order chi connectivity index (χ0) is 19.2. The van der Waals surface area contributed by atoms with Gasteiger partial charge in [0.15, 0.2) is 0 Å². The number of benzene rings is 3. The number of hydrogen-bond donors (Lipinski definition) is 2. The van der Waals surface area contributed by atoms with Crippen molar-refractivity contribution in [1.82, 2.24) is 0 Å². The van der Waals surface area contributed by atoms with Crippen LogP contribution >= 0.6 is 0 Å². The van der Waals surface area contributed by atoms with Crippen LogP contribution in [0.1, 0.15) is 20.7 Å². The van der Waals surface area contributed by atoms with Crippen LogP contribution in [0.4, 0.5) is 17.1 Å². The largest absolute Gasteiger partial charge is 0.322 e. The zero-order valence-electron chi connectivity index (χ0n) is 14.1. The molecule has 0 fully saturated rings. The molecule has 0 radical (unpaired) electrons. The third kappa shape index (κ3) is 4.35. The minimum absolute atomic E-state index is 0.0662. The first kappa shape index (κ1) is 17.8. The molecule has 0 bridgehead atoms. The highest BCUT2D eigenvalue weighted by Crippen LogP contribution is 2.20. The molecule has 0 saturated carbocycles. The van der Waals surface area contributed by atoms with Crippen LogP contribution in [0, 0.1) is 10.1 Å². The van der Waals surface area contributed by atoms with E-state index in [1.54, 1.807) is 48.5 Å². The van der Waals surface area contributed by atoms with Gasteiger partial charge in [-0.15, -0.1) is 0 Å². The number of nitrogens with zero attached hydrogens (tertiary/aromatic N) is 1. The maximum Gasteiger partial charge on any atom is 0.269 e. The van der Waals surface area contributed by atoms with Crippen molar-refractivity contribution in [3.63, 3.8) is 0 Å². The number of para-hydroxylation sites is 1. The van der Waals surface area contributed by atoms with Crippen LogP contribution in [0.5, 0.6) is 0 Å². The highest BCUT2D eigenvalue weighted by molar-refractivity contribution is 6.12. The lowest BCUT2D eigenvalue weighted by Crippen LogP contribution is -2.18. The van der Waals surface area contributed by atoms with Gasteiger partial charge in [0, 0.05) is 23.4 Å². The van der Waals surface area contributed by atoms with Gasteiger partial charge in [0.05, 0.1) is 16.2 Å². The molecule has 0 unspecified atom stereocenters. The molecule has 0 aromatic heterocycles.